The number of methoxy groups -OCH3 is 1. The normalized spacial score (nSPS) is 11.1. The van der Waals surface area contributed by atoms with Gasteiger partial charge in [-0.15, -0.1) is 0 Å². The average Bonchev–Trinajstić information content (AvgIpc) is 2.88. The molecule has 0 radical (unpaired) electrons. The largest absolute Gasteiger partial charge is 0.497 e. The number of nitrogens with one attached hydrogen (secondary N) is 1. The van der Waals surface area contributed by atoms with E-state index in [9.17, 15) is 0 Å². The molecule has 1 aromatic carbocycles. The Morgan fingerprint density at radius 3 is 2.90 bits per heavy atom. The van der Waals surface area contributed by atoms with Gasteiger partial charge in [-0.25, -0.2) is 0 Å². The minimum absolute atomic E-state index is 0.660. The van der Waals surface area contributed by atoms with Gasteiger partial charge in [0.1, 0.15) is 5.75 Å². The number of nitrogens with zero attached hydrogens (tertiary/aromatic N) is 2. The van der Waals surface area contributed by atoms with Gasteiger partial charge in [-0.1, -0.05) is 29.8 Å². The van der Waals surface area contributed by atoms with Crippen LogP contribution >= 0.6 is 15.9 Å². The lowest BCUT2D eigenvalue weighted by molar-refractivity contribution is 0.414. The van der Waals surface area contributed by atoms with Crippen molar-refractivity contribution < 1.29 is 4.74 Å². The molecule has 0 aliphatic heterocycles. The predicted octanol–water partition coefficient (Wildman–Crippen LogP) is 3.45. The molecule has 114 valence electrons. The highest BCUT2D eigenvalue weighted by molar-refractivity contribution is 9.10. The maximum atomic E-state index is 5.27. The number of ether oxygens (including phenoxy) is 1. The minimum Gasteiger partial charge on any atom is -0.497 e. The van der Waals surface area contributed by atoms with Gasteiger partial charge in [0.2, 0.25) is 0 Å². The first kappa shape index (κ1) is 16.0. The number of halogens is 1. The summed E-state index contributed by atoms with van der Waals surface area (Å²) >= 11 is 3.57. The highest BCUT2D eigenvalue weighted by atomic mass is 79.9. The molecular weight excluding hydrogens is 330 g/mol. The Balaban J connectivity index is 1.99. The van der Waals surface area contributed by atoms with E-state index in [1.807, 2.05) is 29.1 Å². The lowest BCUT2D eigenvalue weighted by Gasteiger charge is -2.07. The van der Waals surface area contributed by atoms with Crippen molar-refractivity contribution in [3.63, 3.8) is 0 Å². The molecule has 2 aromatic rings. The van der Waals surface area contributed by atoms with Crippen molar-refractivity contribution in [3.05, 3.63) is 46.2 Å². The Labute approximate surface area is 134 Å². The Morgan fingerprint density at radius 1 is 1.38 bits per heavy atom. The van der Waals surface area contributed by atoms with Crippen LogP contribution in [0.5, 0.6) is 5.75 Å². The fourth-order valence-electron chi connectivity index (χ4n) is 2.06. The number of benzene rings is 1. The van der Waals surface area contributed by atoms with Crippen LogP contribution in [0.15, 0.2) is 35.1 Å². The Morgan fingerprint density at radius 2 is 2.19 bits per heavy atom. The molecule has 0 saturated carbocycles. The van der Waals surface area contributed by atoms with Crippen molar-refractivity contribution in [2.45, 2.75) is 26.9 Å². The number of rotatable bonds is 7. The zero-order chi connectivity index (χ0) is 15.2. The van der Waals surface area contributed by atoms with Gasteiger partial charge >= 0.3 is 0 Å². The fourth-order valence-corrected chi connectivity index (χ4v) is 2.44. The summed E-state index contributed by atoms with van der Waals surface area (Å²) in [5, 5.41) is 7.85. The molecule has 0 bridgehead atoms. The molecule has 0 fully saturated rings. The van der Waals surface area contributed by atoms with E-state index in [4.69, 9.17) is 4.74 Å². The molecule has 0 amide bonds. The van der Waals surface area contributed by atoms with E-state index in [0.29, 0.717) is 5.92 Å². The van der Waals surface area contributed by atoms with Crippen molar-refractivity contribution in [2.24, 2.45) is 5.92 Å². The molecule has 0 spiro atoms. The van der Waals surface area contributed by atoms with Gasteiger partial charge in [-0.3, -0.25) is 4.68 Å². The van der Waals surface area contributed by atoms with E-state index in [2.05, 4.69) is 46.4 Å². The highest BCUT2D eigenvalue weighted by Gasteiger charge is 2.05. The van der Waals surface area contributed by atoms with Gasteiger partial charge in [0.15, 0.2) is 0 Å². The standard InChI is InChI=1S/C16H22BrN3O/c1-12(2)7-18-8-13-9-19-20(10-13)11-14-6-15(21-3)4-5-16(14)17/h4-6,9-10,12,18H,7-8,11H2,1-3H3. The molecule has 0 aliphatic rings. The molecule has 0 atom stereocenters. The molecular formula is C16H22BrN3O. The van der Waals surface area contributed by atoms with E-state index in [0.717, 1.165) is 35.4 Å². The summed E-state index contributed by atoms with van der Waals surface area (Å²) in [6, 6.07) is 5.98. The molecule has 1 aromatic heterocycles. The summed E-state index contributed by atoms with van der Waals surface area (Å²) in [4.78, 5) is 0. The van der Waals surface area contributed by atoms with Crippen molar-refractivity contribution in [3.8, 4) is 5.75 Å². The monoisotopic (exact) mass is 351 g/mol. The molecule has 0 aliphatic carbocycles. The number of hydrogen-bond acceptors (Lipinski definition) is 3. The second-order valence-electron chi connectivity index (χ2n) is 5.53. The molecule has 4 nitrogen and oxygen atoms in total. The van der Waals surface area contributed by atoms with Gasteiger partial charge in [-0.2, -0.15) is 5.10 Å². The van der Waals surface area contributed by atoms with Crippen molar-refractivity contribution in [1.29, 1.82) is 0 Å². The molecule has 0 saturated heterocycles. The highest BCUT2D eigenvalue weighted by Crippen LogP contribution is 2.23. The lowest BCUT2D eigenvalue weighted by Crippen LogP contribution is -2.18. The molecule has 2 rings (SSSR count). The van der Waals surface area contributed by atoms with Crippen molar-refractivity contribution in [2.75, 3.05) is 13.7 Å². The third-order valence-electron chi connectivity index (χ3n) is 3.15. The summed E-state index contributed by atoms with van der Waals surface area (Å²) in [6.07, 6.45) is 4.00. The summed E-state index contributed by atoms with van der Waals surface area (Å²) < 4.78 is 8.29. The molecule has 1 N–H and O–H groups in total. The topological polar surface area (TPSA) is 39.1 Å². The third kappa shape index (κ3) is 4.86. The van der Waals surface area contributed by atoms with Crippen LogP contribution in [-0.2, 0) is 13.1 Å². The molecule has 21 heavy (non-hydrogen) atoms. The van der Waals surface area contributed by atoms with Crippen LogP contribution in [0.2, 0.25) is 0 Å². The smallest absolute Gasteiger partial charge is 0.119 e. The number of aromatic nitrogens is 2. The second kappa shape index (κ2) is 7.61. The SMILES string of the molecule is COc1ccc(Br)c(Cn2cc(CNCC(C)C)cn2)c1. The van der Waals surface area contributed by atoms with Crippen LogP contribution in [0, 0.1) is 5.92 Å². The maximum Gasteiger partial charge on any atom is 0.119 e. The van der Waals surface area contributed by atoms with E-state index in [1.165, 1.54) is 5.56 Å². The Kier molecular flexibility index (Phi) is 5.82. The third-order valence-corrected chi connectivity index (χ3v) is 3.93. The minimum atomic E-state index is 0.660. The predicted molar refractivity (Wildman–Crippen MR) is 88.6 cm³/mol. The Bertz CT molecular complexity index is 581. The van der Waals surface area contributed by atoms with E-state index in [1.54, 1.807) is 7.11 Å². The number of hydrogen-bond donors (Lipinski definition) is 1. The van der Waals surface area contributed by atoms with Crippen LogP contribution < -0.4 is 10.1 Å². The molecule has 1 heterocycles. The van der Waals surface area contributed by atoms with Crippen molar-refractivity contribution in [1.82, 2.24) is 15.1 Å². The summed E-state index contributed by atoms with van der Waals surface area (Å²) in [6.45, 7) is 7.01. The van der Waals surface area contributed by atoms with Gasteiger partial charge in [0.25, 0.3) is 0 Å². The van der Waals surface area contributed by atoms with E-state index < -0.39 is 0 Å². The lowest BCUT2D eigenvalue weighted by atomic mass is 10.2. The summed E-state index contributed by atoms with van der Waals surface area (Å²) in [5.74, 6) is 1.52. The quantitative estimate of drug-likeness (QED) is 0.830. The second-order valence-corrected chi connectivity index (χ2v) is 6.38. The van der Waals surface area contributed by atoms with Gasteiger partial charge in [-0.05, 0) is 36.2 Å². The van der Waals surface area contributed by atoms with Crippen LogP contribution in [-0.4, -0.2) is 23.4 Å². The van der Waals surface area contributed by atoms with Crippen LogP contribution in [0.25, 0.3) is 0 Å². The Hall–Kier alpha value is -1.33. The average molecular weight is 352 g/mol. The first-order valence-electron chi connectivity index (χ1n) is 7.13. The summed E-state index contributed by atoms with van der Waals surface area (Å²) in [5.41, 5.74) is 2.36. The van der Waals surface area contributed by atoms with Crippen LogP contribution in [0.3, 0.4) is 0 Å². The van der Waals surface area contributed by atoms with E-state index >= 15 is 0 Å². The van der Waals surface area contributed by atoms with Crippen LogP contribution in [0.4, 0.5) is 0 Å². The first-order chi connectivity index (χ1) is 10.1. The summed E-state index contributed by atoms with van der Waals surface area (Å²) in [7, 11) is 1.68. The molecule has 5 heteroatoms. The fraction of sp³-hybridized carbons (Fsp3) is 0.438. The maximum absolute atomic E-state index is 5.27. The zero-order valence-electron chi connectivity index (χ0n) is 12.8. The van der Waals surface area contributed by atoms with Crippen LogP contribution in [0.1, 0.15) is 25.0 Å². The molecule has 0 unspecified atom stereocenters. The van der Waals surface area contributed by atoms with Crippen molar-refractivity contribution >= 4 is 15.9 Å². The van der Waals surface area contributed by atoms with E-state index in [-0.39, 0.29) is 0 Å². The first-order valence-corrected chi connectivity index (χ1v) is 7.92. The van der Waals surface area contributed by atoms with Gasteiger partial charge in [0.05, 0.1) is 19.9 Å². The van der Waals surface area contributed by atoms with Gasteiger partial charge < -0.3 is 10.1 Å². The zero-order valence-corrected chi connectivity index (χ0v) is 14.4. The van der Waals surface area contributed by atoms with Gasteiger partial charge in [0, 0.05) is 22.8 Å².